The van der Waals surface area contributed by atoms with Crippen LogP contribution in [0.3, 0.4) is 0 Å². The summed E-state index contributed by atoms with van der Waals surface area (Å²) in [6.07, 6.45) is 7.92. The standard InChI is InChI=1S/C21H21N3O3/c1-27-19-11-10-14(12-22-19)23-21(26)20(25)17-13-24(15-6-2-3-7-15)18-9-5-4-8-16(17)18/h4-5,8-13,15H,2-3,6-7H2,1H3,(H,23,26). The number of amides is 1. The fourth-order valence-electron chi connectivity index (χ4n) is 3.76. The number of hydrogen-bond donors (Lipinski definition) is 1. The first-order valence-electron chi connectivity index (χ1n) is 9.12. The van der Waals surface area contributed by atoms with Crippen LogP contribution in [0.4, 0.5) is 5.69 Å². The van der Waals surface area contributed by atoms with Gasteiger partial charge in [0.05, 0.1) is 24.6 Å². The summed E-state index contributed by atoms with van der Waals surface area (Å²) in [5.74, 6) is -0.769. The molecule has 6 heteroatoms. The lowest BCUT2D eigenvalue weighted by atomic mass is 10.1. The number of ether oxygens (including phenoxy) is 1. The molecule has 1 N–H and O–H groups in total. The van der Waals surface area contributed by atoms with Crippen molar-refractivity contribution >= 4 is 28.3 Å². The molecule has 0 aliphatic heterocycles. The molecular weight excluding hydrogens is 342 g/mol. The van der Waals surface area contributed by atoms with Crippen molar-refractivity contribution in [1.82, 2.24) is 9.55 Å². The molecule has 27 heavy (non-hydrogen) atoms. The SMILES string of the molecule is COc1ccc(NC(=O)C(=O)c2cn(C3CCCC3)c3ccccc23)cn1. The summed E-state index contributed by atoms with van der Waals surface area (Å²) in [6, 6.07) is 11.4. The first-order valence-corrected chi connectivity index (χ1v) is 9.12. The van der Waals surface area contributed by atoms with Gasteiger partial charge >= 0.3 is 0 Å². The van der Waals surface area contributed by atoms with Crippen molar-refractivity contribution in [3.05, 3.63) is 54.4 Å². The van der Waals surface area contributed by atoms with E-state index in [2.05, 4.69) is 14.9 Å². The van der Waals surface area contributed by atoms with E-state index in [-0.39, 0.29) is 0 Å². The van der Waals surface area contributed by atoms with Gasteiger partial charge in [0.1, 0.15) is 0 Å². The molecule has 1 aromatic carbocycles. The Bertz CT molecular complexity index is 986. The second kappa shape index (κ2) is 7.23. The third kappa shape index (κ3) is 3.30. The van der Waals surface area contributed by atoms with Crippen molar-refractivity contribution in [3.63, 3.8) is 0 Å². The topological polar surface area (TPSA) is 73.2 Å². The number of aromatic nitrogens is 2. The number of rotatable bonds is 5. The van der Waals surface area contributed by atoms with Gasteiger partial charge in [0.2, 0.25) is 5.88 Å². The first-order chi connectivity index (χ1) is 13.2. The molecule has 2 heterocycles. The Morgan fingerprint density at radius 3 is 2.63 bits per heavy atom. The number of methoxy groups -OCH3 is 1. The van der Waals surface area contributed by atoms with Crippen molar-refractivity contribution in [2.75, 3.05) is 12.4 Å². The highest BCUT2D eigenvalue weighted by molar-refractivity contribution is 6.48. The van der Waals surface area contributed by atoms with Gasteiger partial charge in [-0.1, -0.05) is 31.0 Å². The second-order valence-electron chi connectivity index (χ2n) is 6.78. The maximum atomic E-state index is 12.8. The van der Waals surface area contributed by atoms with Gasteiger partial charge in [-0.25, -0.2) is 4.98 Å². The van der Waals surface area contributed by atoms with E-state index in [0.717, 1.165) is 23.7 Å². The van der Waals surface area contributed by atoms with Gasteiger partial charge in [-0.15, -0.1) is 0 Å². The number of carbonyl (C=O) groups is 2. The second-order valence-corrected chi connectivity index (χ2v) is 6.78. The average molecular weight is 363 g/mol. The lowest BCUT2D eigenvalue weighted by Crippen LogP contribution is -2.22. The maximum Gasteiger partial charge on any atom is 0.296 e. The third-order valence-electron chi connectivity index (χ3n) is 5.11. The summed E-state index contributed by atoms with van der Waals surface area (Å²) in [4.78, 5) is 29.4. The van der Waals surface area contributed by atoms with E-state index in [1.807, 2.05) is 30.5 Å². The van der Waals surface area contributed by atoms with Crippen LogP contribution in [0.1, 0.15) is 42.1 Å². The quantitative estimate of drug-likeness (QED) is 0.550. The number of anilines is 1. The van der Waals surface area contributed by atoms with Crippen LogP contribution < -0.4 is 10.1 Å². The maximum absolute atomic E-state index is 12.8. The molecule has 138 valence electrons. The Labute approximate surface area is 157 Å². The molecule has 4 rings (SSSR count). The number of ketones is 1. The molecule has 0 unspecified atom stereocenters. The summed E-state index contributed by atoms with van der Waals surface area (Å²) >= 11 is 0. The Balaban J connectivity index is 1.62. The summed E-state index contributed by atoms with van der Waals surface area (Å²) in [5, 5.41) is 3.44. The number of carbonyl (C=O) groups excluding carboxylic acids is 2. The van der Waals surface area contributed by atoms with Gasteiger partial charge < -0.3 is 14.6 Å². The highest BCUT2D eigenvalue weighted by Gasteiger charge is 2.25. The number of fused-ring (bicyclic) bond motifs is 1. The number of pyridine rings is 1. The monoisotopic (exact) mass is 363 g/mol. The van der Waals surface area contributed by atoms with Crippen LogP contribution in [0.5, 0.6) is 5.88 Å². The molecule has 1 fully saturated rings. The van der Waals surface area contributed by atoms with Crippen LogP contribution in [-0.4, -0.2) is 28.4 Å². The first kappa shape index (κ1) is 17.3. The van der Waals surface area contributed by atoms with E-state index >= 15 is 0 Å². The number of nitrogens with one attached hydrogen (secondary N) is 1. The van der Waals surface area contributed by atoms with Crippen molar-refractivity contribution in [2.45, 2.75) is 31.7 Å². The van der Waals surface area contributed by atoms with E-state index in [1.165, 1.54) is 26.1 Å². The zero-order valence-corrected chi connectivity index (χ0v) is 15.1. The summed E-state index contributed by atoms with van der Waals surface area (Å²) in [6.45, 7) is 0. The highest BCUT2D eigenvalue weighted by atomic mass is 16.5. The van der Waals surface area contributed by atoms with E-state index < -0.39 is 11.7 Å². The molecule has 0 atom stereocenters. The molecule has 2 aromatic heterocycles. The molecule has 0 spiro atoms. The highest BCUT2D eigenvalue weighted by Crippen LogP contribution is 2.34. The number of hydrogen-bond acceptors (Lipinski definition) is 4. The molecular formula is C21H21N3O3. The van der Waals surface area contributed by atoms with Crippen molar-refractivity contribution in [3.8, 4) is 5.88 Å². The number of para-hydroxylation sites is 1. The Hall–Kier alpha value is -3.15. The van der Waals surface area contributed by atoms with E-state index in [9.17, 15) is 9.59 Å². The molecule has 1 aliphatic carbocycles. The summed E-state index contributed by atoms with van der Waals surface area (Å²) in [5.41, 5.74) is 1.90. The minimum absolute atomic E-state index is 0.394. The van der Waals surface area contributed by atoms with Gasteiger partial charge in [-0.3, -0.25) is 9.59 Å². The largest absolute Gasteiger partial charge is 0.481 e. The normalized spacial score (nSPS) is 14.4. The van der Waals surface area contributed by atoms with Crippen molar-refractivity contribution in [2.24, 2.45) is 0 Å². The van der Waals surface area contributed by atoms with Gasteiger partial charge in [-0.2, -0.15) is 0 Å². The van der Waals surface area contributed by atoms with Crippen LogP contribution >= 0.6 is 0 Å². The fraction of sp³-hybridized carbons (Fsp3) is 0.286. The van der Waals surface area contributed by atoms with E-state index in [4.69, 9.17) is 4.74 Å². The van der Waals surface area contributed by atoms with Crippen LogP contribution in [0.15, 0.2) is 48.8 Å². The van der Waals surface area contributed by atoms with E-state index in [0.29, 0.717) is 23.2 Å². The predicted molar refractivity (Wildman–Crippen MR) is 103 cm³/mol. The van der Waals surface area contributed by atoms with Crippen LogP contribution in [0.2, 0.25) is 0 Å². The van der Waals surface area contributed by atoms with Gasteiger partial charge in [0.25, 0.3) is 11.7 Å². The lowest BCUT2D eigenvalue weighted by molar-refractivity contribution is -0.112. The number of nitrogens with zero attached hydrogens (tertiary/aromatic N) is 2. The fourth-order valence-corrected chi connectivity index (χ4v) is 3.76. The molecule has 6 nitrogen and oxygen atoms in total. The minimum Gasteiger partial charge on any atom is -0.481 e. The average Bonchev–Trinajstić information content (AvgIpc) is 3.35. The van der Waals surface area contributed by atoms with Crippen molar-refractivity contribution in [1.29, 1.82) is 0 Å². The molecule has 1 aliphatic rings. The zero-order valence-electron chi connectivity index (χ0n) is 15.1. The molecule has 0 radical (unpaired) electrons. The Morgan fingerprint density at radius 1 is 1.15 bits per heavy atom. The van der Waals surface area contributed by atoms with E-state index in [1.54, 1.807) is 12.1 Å². The summed E-state index contributed by atoms with van der Waals surface area (Å²) < 4.78 is 7.16. The van der Waals surface area contributed by atoms with Crippen LogP contribution in [0, 0.1) is 0 Å². The van der Waals surface area contributed by atoms with Gasteiger partial charge in [-0.05, 0) is 25.0 Å². The smallest absolute Gasteiger partial charge is 0.296 e. The Morgan fingerprint density at radius 2 is 1.93 bits per heavy atom. The molecule has 3 aromatic rings. The number of benzene rings is 1. The zero-order chi connectivity index (χ0) is 18.8. The molecule has 0 bridgehead atoms. The van der Waals surface area contributed by atoms with Gasteiger partial charge in [0, 0.05) is 29.2 Å². The third-order valence-corrected chi connectivity index (χ3v) is 5.11. The lowest BCUT2D eigenvalue weighted by Gasteiger charge is -2.12. The molecule has 1 saturated carbocycles. The Kier molecular flexibility index (Phi) is 4.62. The summed E-state index contributed by atoms with van der Waals surface area (Å²) in [7, 11) is 1.52. The van der Waals surface area contributed by atoms with Crippen LogP contribution in [0.25, 0.3) is 10.9 Å². The predicted octanol–water partition coefficient (Wildman–Crippen LogP) is 3.98. The minimum atomic E-state index is -0.670. The van der Waals surface area contributed by atoms with Crippen molar-refractivity contribution < 1.29 is 14.3 Å². The van der Waals surface area contributed by atoms with Crippen LogP contribution in [-0.2, 0) is 4.79 Å². The molecule has 1 amide bonds. The molecule has 0 saturated heterocycles. The number of Topliss-reactive ketones (excluding diaryl/α,β-unsaturated/α-hetero) is 1. The van der Waals surface area contributed by atoms with Gasteiger partial charge in [0.15, 0.2) is 0 Å².